The van der Waals surface area contributed by atoms with Crippen molar-refractivity contribution in [2.45, 2.75) is 88.5 Å². The van der Waals surface area contributed by atoms with Crippen LogP contribution in [0.4, 0.5) is 0 Å². The first-order valence-corrected chi connectivity index (χ1v) is 8.66. The monoisotopic (exact) mass is 272 g/mol. The molecule has 0 nitrogen and oxygen atoms in total. The number of rotatable bonds is 2. The highest BCUT2D eigenvalue weighted by Crippen LogP contribution is 2.41. The number of hydrogen-bond acceptors (Lipinski definition) is 0. The van der Waals surface area contributed by atoms with Crippen LogP contribution in [-0.4, -0.2) is 0 Å². The predicted octanol–water partition coefficient (Wildman–Crippen LogP) is 7.60. The summed E-state index contributed by atoms with van der Waals surface area (Å²) in [6, 6.07) is 0. The molecule has 0 aromatic carbocycles. The van der Waals surface area contributed by atoms with E-state index in [1.54, 1.807) is 0 Å². The minimum absolute atomic E-state index is 0.954. The zero-order valence-electron chi connectivity index (χ0n) is 15.8. The molecule has 0 amide bonds. The second-order valence-electron chi connectivity index (χ2n) is 4.46. The van der Waals surface area contributed by atoms with E-state index in [1.165, 1.54) is 19.3 Å². The minimum atomic E-state index is 0.954. The summed E-state index contributed by atoms with van der Waals surface area (Å²) in [6.45, 7) is 27.6. The Morgan fingerprint density at radius 3 is 1.47 bits per heavy atom. The van der Waals surface area contributed by atoms with Gasteiger partial charge in [0, 0.05) is 0 Å². The molecule has 0 aliphatic heterocycles. The van der Waals surface area contributed by atoms with E-state index >= 15 is 0 Å². The van der Waals surface area contributed by atoms with Crippen LogP contribution in [0.15, 0.2) is 13.2 Å². The Labute approximate surface area is 126 Å². The van der Waals surface area contributed by atoms with E-state index in [-0.39, 0.29) is 0 Å². The van der Waals surface area contributed by atoms with Gasteiger partial charge >= 0.3 is 0 Å². The molecule has 0 N–H and O–H groups in total. The third kappa shape index (κ3) is 12.5. The highest BCUT2D eigenvalue weighted by molar-refractivity contribution is 4.82. The quantitative estimate of drug-likeness (QED) is 0.454. The maximum atomic E-state index is 3.00. The molecule has 19 heavy (non-hydrogen) atoms. The Hall–Kier alpha value is -0.260. The Bertz CT molecular complexity index is 128. The molecular weight excluding hydrogens is 228 g/mol. The van der Waals surface area contributed by atoms with Gasteiger partial charge in [-0.1, -0.05) is 82.1 Å². The lowest BCUT2D eigenvalue weighted by atomic mass is 9.82. The molecule has 0 aromatic rings. The SMILES string of the molecule is C=C.CC.CC.CC.CCC(C)C1CCC(C)C1C. The van der Waals surface area contributed by atoms with Crippen LogP contribution in [0, 0.1) is 23.7 Å². The molecule has 1 fully saturated rings. The third-order valence-electron chi connectivity index (χ3n) is 3.90. The van der Waals surface area contributed by atoms with Crippen molar-refractivity contribution < 1.29 is 0 Å². The van der Waals surface area contributed by atoms with E-state index in [1.807, 2.05) is 41.5 Å². The van der Waals surface area contributed by atoms with Crippen LogP contribution >= 0.6 is 0 Å². The van der Waals surface area contributed by atoms with E-state index < -0.39 is 0 Å². The van der Waals surface area contributed by atoms with Crippen molar-refractivity contribution >= 4 is 0 Å². The molecular formula is C19H44. The summed E-state index contributed by atoms with van der Waals surface area (Å²) in [7, 11) is 0. The second kappa shape index (κ2) is 22.9. The Balaban J connectivity index is -0.000000121. The molecule has 120 valence electrons. The normalized spacial score (nSPS) is 24.8. The van der Waals surface area contributed by atoms with Gasteiger partial charge in [0.25, 0.3) is 0 Å². The smallest absolute Gasteiger partial charge is 0.0360 e. The van der Waals surface area contributed by atoms with Gasteiger partial charge < -0.3 is 0 Å². The second-order valence-corrected chi connectivity index (χ2v) is 4.46. The van der Waals surface area contributed by atoms with Crippen LogP contribution in [0.1, 0.15) is 88.5 Å². The molecule has 1 saturated carbocycles. The van der Waals surface area contributed by atoms with Crippen molar-refractivity contribution in [2.24, 2.45) is 23.7 Å². The topological polar surface area (TPSA) is 0 Å². The summed E-state index contributed by atoms with van der Waals surface area (Å²) in [5, 5.41) is 0. The van der Waals surface area contributed by atoms with Gasteiger partial charge in [-0.05, 0) is 30.1 Å². The van der Waals surface area contributed by atoms with Crippen LogP contribution in [0.3, 0.4) is 0 Å². The first kappa shape index (κ1) is 27.1. The highest BCUT2D eigenvalue weighted by atomic mass is 14.4. The van der Waals surface area contributed by atoms with Gasteiger partial charge in [0.05, 0.1) is 0 Å². The lowest BCUT2D eigenvalue weighted by Crippen LogP contribution is -2.16. The first-order valence-electron chi connectivity index (χ1n) is 8.66. The molecule has 4 atom stereocenters. The van der Waals surface area contributed by atoms with Gasteiger partial charge in [-0.15, -0.1) is 13.2 Å². The summed E-state index contributed by atoms with van der Waals surface area (Å²) < 4.78 is 0. The maximum absolute atomic E-state index is 3.00. The summed E-state index contributed by atoms with van der Waals surface area (Å²) in [5.74, 6) is 3.93. The van der Waals surface area contributed by atoms with Crippen molar-refractivity contribution in [3.63, 3.8) is 0 Å². The van der Waals surface area contributed by atoms with E-state index in [2.05, 4.69) is 40.9 Å². The lowest BCUT2D eigenvalue weighted by Gasteiger charge is -2.23. The Kier molecular flexibility index (Phi) is 32.7. The molecule has 0 spiro atoms. The molecule has 0 radical (unpaired) electrons. The van der Waals surface area contributed by atoms with Gasteiger partial charge in [-0.2, -0.15) is 0 Å². The van der Waals surface area contributed by atoms with Crippen molar-refractivity contribution in [1.29, 1.82) is 0 Å². The van der Waals surface area contributed by atoms with E-state index in [0.29, 0.717) is 0 Å². The summed E-state index contributed by atoms with van der Waals surface area (Å²) in [5.41, 5.74) is 0. The van der Waals surface area contributed by atoms with E-state index in [4.69, 9.17) is 0 Å². The molecule has 1 aliphatic carbocycles. The summed E-state index contributed by atoms with van der Waals surface area (Å²) in [4.78, 5) is 0. The summed E-state index contributed by atoms with van der Waals surface area (Å²) >= 11 is 0. The largest absolute Gasteiger partial charge is 0.106 e. The zero-order chi connectivity index (χ0) is 16.4. The van der Waals surface area contributed by atoms with Gasteiger partial charge in [0.2, 0.25) is 0 Å². The molecule has 4 unspecified atom stereocenters. The van der Waals surface area contributed by atoms with E-state index in [9.17, 15) is 0 Å². The molecule has 1 aliphatic rings. The minimum Gasteiger partial charge on any atom is -0.106 e. The van der Waals surface area contributed by atoms with Crippen molar-refractivity contribution in [2.75, 3.05) is 0 Å². The molecule has 0 bridgehead atoms. The lowest BCUT2D eigenvalue weighted by molar-refractivity contribution is 0.261. The van der Waals surface area contributed by atoms with Gasteiger partial charge in [-0.3, -0.25) is 0 Å². The Morgan fingerprint density at radius 2 is 1.26 bits per heavy atom. The van der Waals surface area contributed by atoms with Crippen molar-refractivity contribution in [1.82, 2.24) is 0 Å². The molecule has 0 aromatic heterocycles. The van der Waals surface area contributed by atoms with Gasteiger partial charge in [0.15, 0.2) is 0 Å². The maximum Gasteiger partial charge on any atom is -0.0360 e. The van der Waals surface area contributed by atoms with Crippen LogP contribution in [0.2, 0.25) is 0 Å². The molecule has 0 heteroatoms. The first-order chi connectivity index (χ1) is 9.16. The van der Waals surface area contributed by atoms with Gasteiger partial charge in [0.1, 0.15) is 0 Å². The average molecular weight is 273 g/mol. The van der Waals surface area contributed by atoms with Crippen molar-refractivity contribution in [3.05, 3.63) is 13.2 Å². The Morgan fingerprint density at radius 1 is 0.895 bits per heavy atom. The standard InChI is InChI=1S/C11H22.3C2H6.C2H4/c1-5-8(2)11-7-6-9(3)10(11)4;4*1-2/h8-11H,5-7H2,1-4H3;3*1-2H3;1-2H2. The fourth-order valence-electron chi connectivity index (χ4n) is 2.51. The molecule has 0 heterocycles. The van der Waals surface area contributed by atoms with Crippen molar-refractivity contribution in [3.8, 4) is 0 Å². The predicted molar refractivity (Wildman–Crippen MR) is 95.8 cm³/mol. The van der Waals surface area contributed by atoms with E-state index in [0.717, 1.165) is 23.7 Å². The van der Waals surface area contributed by atoms with Crippen LogP contribution < -0.4 is 0 Å². The number of hydrogen-bond donors (Lipinski definition) is 0. The van der Waals surface area contributed by atoms with Gasteiger partial charge in [-0.25, -0.2) is 0 Å². The average Bonchev–Trinajstić information content (AvgIpc) is 2.86. The highest BCUT2D eigenvalue weighted by Gasteiger charge is 2.32. The van der Waals surface area contributed by atoms with Crippen LogP contribution in [0.5, 0.6) is 0 Å². The summed E-state index contributed by atoms with van der Waals surface area (Å²) in [6.07, 6.45) is 4.31. The van der Waals surface area contributed by atoms with Crippen LogP contribution in [0.25, 0.3) is 0 Å². The molecule has 0 saturated heterocycles. The van der Waals surface area contributed by atoms with Crippen LogP contribution in [-0.2, 0) is 0 Å². The third-order valence-corrected chi connectivity index (χ3v) is 3.90. The fourth-order valence-corrected chi connectivity index (χ4v) is 2.51. The molecule has 1 rings (SSSR count). The zero-order valence-corrected chi connectivity index (χ0v) is 15.8. The fraction of sp³-hybridized carbons (Fsp3) is 0.895.